The van der Waals surface area contributed by atoms with Crippen LogP contribution in [-0.4, -0.2) is 51.4 Å². The first-order chi connectivity index (χ1) is 7.70. The molecule has 100 valence electrons. The Bertz CT molecular complexity index is 386. The summed E-state index contributed by atoms with van der Waals surface area (Å²) < 4.78 is 22.1. The number of carbonyl (C=O) groups excluding carboxylic acids is 1. The number of hydrogen-bond donors (Lipinski definition) is 1. The summed E-state index contributed by atoms with van der Waals surface area (Å²) in [7, 11) is -1.38. The maximum atomic E-state index is 12.2. The molecule has 0 aromatic heterocycles. The lowest BCUT2D eigenvalue weighted by atomic mass is 9.62. The molecule has 0 spiro atoms. The van der Waals surface area contributed by atoms with Gasteiger partial charge in [0.2, 0.25) is 5.91 Å². The first kappa shape index (κ1) is 14.4. The summed E-state index contributed by atoms with van der Waals surface area (Å²) in [5.74, 6) is 0.526. The van der Waals surface area contributed by atoms with Crippen molar-refractivity contribution in [2.75, 3.05) is 32.1 Å². The van der Waals surface area contributed by atoms with Gasteiger partial charge in [-0.3, -0.25) is 4.79 Å². The minimum absolute atomic E-state index is 0.00540. The van der Waals surface area contributed by atoms with E-state index in [0.29, 0.717) is 12.5 Å². The Morgan fingerprint density at radius 1 is 1.47 bits per heavy atom. The van der Waals surface area contributed by atoms with Gasteiger partial charge in [0.1, 0.15) is 9.84 Å². The molecule has 1 saturated carbocycles. The summed E-state index contributed by atoms with van der Waals surface area (Å²) in [6, 6.07) is 0. The highest BCUT2D eigenvalue weighted by Gasteiger charge is 2.48. The number of nitrogens with zero attached hydrogens (tertiary/aromatic N) is 1. The van der Waals surface area contributed by atoms with Crippen molar-refractivity contribution in [3.8, 4) is 0 Å². The molecule has 0 radical (unpaired) electrons. The third-order valence-electron chi connectivity index (χ3n) is 3.47. The van der Waals surface area contributed by atoms with Crippen LogP contribution in [0.1, 0.15) is 19.8 Å². The molecule has 1 aliphatic carbocycles. The highest BCUT2D eigenvalue weighted by atomic mass is 32.2. The number of amides is 1. The maximum absolute atomic E-state index is 12.2. The zero-order chi connectivity index (χ0) is 13.3. The van der Waals surface area contributed by atoms with E-state index in [1.807, 2.05) is 0 Å². The van der Waals surface area contributed by atoms with Crippen molar-refractivity contribution < 1.29 is 13.2 Å². The molecule has 17 heavy (non-hydrogen) atoms. The fourth-order valence-electron chi connectivity index (χ4n) is 2.51. The number of hydrogen-bond acceptors (Lipinski definition) is 4. The van der Waals surface area contributed by atoms with Crippen molar-refractivity contribution in [1.29, 1.82) is 0 Å². The molecular weight excluding hydrogens is 240 g/mol. The minimum atomic E-state index is -3.03. The number of rotatable bonds is 5. The van der Waals surface area contributed by atoms with Crippen LogP contribution < -0.4 is 5.73 Å². The predicted octanol–water partition coefficient (Wildman–Crippen LogP) is -0.136. The Kier molecular flexibility index (Phi) is 4.19. The quantitative estimate of drug-likeness (QED) is 0.748. The zero-order valence-electron chi connectivity index (χ0n) is 10.8. The molecule has 1 aliphatic rings. The predicted molar refractivity (Wildman–Crippen MR) is 67.2 cm³/mol. The van der Waals surface area contributed by atoms with Crippen LogP contribution in [0, 0.1) is 11.3 Å². The van der Waals surface area contributed by atoms with Crippen LogP contribution in [0.4, 0.5) is 0 Å². The SMILES string of the molecule is CC1CC(CN)(C(=O)N(C)CCS(C)(=O)=O)C1. The van der Waals surface area contributed by atoms with Gasteiger partial charge in [-0.2, -0.15) is 0 Å². The lowest BCUT2D eigenvalue weighted by Gasteiger charge is -2.46. The Labute approximate surface area is 103 Å². The van der Waals surface area contributed by atoms with E-state index in [-0.39, 0.29) is 18.2 Å². The van der Waals surface area contributed by atoms with Crippen LogP contribution in [-0.2, 0) is 14.6 Å². The molecule has 0 aliphatic heterocycles. The molecule has 0 aromatic rings. The van der Waals surface area contributed by atoms with Crippen LogP contribution in [0.3, 0.4) is 0 Å². The molecular formula is C11H22N2O3S. The molecule has 5 nitrogen and oxygen atoms in total. The van der Waals surface area contributed by atoms with Crippen LogP contribution >= 0.6 is 0 Å². The molecule has 0 bridgehead atoms. The third-order valence-corrected chi connectivity index (χ3v) is 4.39. The van der Waals surface area contributed by atoms with Crippen molar-refractivity contribution in [3.05, 3.63) is 0 Å². The molecule has 2 N–H and O–H groups in total. The van der Waals surface area contributed by atoms with Gasteiger partial charge in [0.25, 0.3) is 0 Å². The average molecular weight is 262 g/mol. The minimum Gasteiger partial charge on any atom is -0.344 e. The second-order valence-corrected chi connectivity index (χ2v) is 7.61. The second kappa shape index (κ2) is 4.94. The van der Waals surface area contributed by atoms with Crippen molar-refractivity contribution in [3.63, 3.8) is 0 Å². The summed E-state index contributed by atoms with van der Waals surface area (Å²) in [5.41, 5.74) is 5.25. The van der Waals surface area contributed by atoms with Gasteiger partial charge in [-0.15, -0.1) is 0 Å². The summed E-state index contributed by atoms with van der Waals surface area (Å²) in [5, 5.41) is 0. The summed E-state index contributed by atoms with van der Waals surface area (Å²) >= 11 is 0. The normalized spacial score (nSPS) is 28.6. The van der Waals surface area contributed by atoms with E-state index in [4.69, 9.17) is 5.73 Å². The molecule has 0 heterocycles. The first-order valence-electron chi connectivity index (χ1n) is 5.83. The highest BCUT2D eigenvalue weighted by Crippen LogP contribution is 2.45. The molecule has 0 atom stereocenters. The van der Waals surface area contributed by atoms with Gasteiger partial charge >= 0.3 is 0 Å². The van der Waals surface area contributed by atoms with E-state index < -0.39 is 15.3 Å². The Balaban J connectivity index is 2.57. The molecule has 0 aromatic carbocycles. The van der Waals surface area contributed by atoms with Crippen LogP contribution in [0.2, 0.25) is 0 Å². The lowest BCUT2D eigenvalue weighted by molar-refractivity contribution is -0.147. The van der Waals surface area contributed by atoms with Crippen LogP contribution in [0.15, 0.2) is 0 Å². The summed E-state index contributed by atoms with van der Waals surface area (Å²) in [6.07, 6.45) is 2.80. The third kappa shape index (κ3) is 3.42. The smallest absolute Gasteiger partial charge is 0.229 e. The van der Waals surface area contributed by atoms with Gasteiger partial charge in [-0.1, -0.05) is 6.92 Å². The van der Waals surface area contributed by atoms with Crippen LogP contribution in [0.25, 0.3) is 0 Å². The zero-order valence-corrected chi connectivity index (χ0v) is 11.6. The second-order valence-electron chi connectivity index (χ2n) is 5.35. The van der Waals surface area contributed by atoms with Gasteiger partial charge in [0.15, 0.2) is 0 Å². The summed E-state index contributed by atoms with van der Waals surface area (Å²) in [4.78, 5) is 13.7. The van der Waals surface area contributed by atoms with Crippen LogP contribution in [0.5, 0.6) is 0 Å². The molecule has 0 unspecified atom stereocenters. The van der Waals surface area contributed by atoms with Gasteiger partial charge in [-0.25, -0.2) is 8.42 Å². The molecule has 1 rings (SSSR count). The number of carbonyl (C=O) groups is 1. The standard InChI is InChI=1S/C11H22N2O3S/c1-9-6-11(7-9,8-12)10(14)13(2)4-5-17(3,15)16/h9H,4-8,12H2,1-3H3. The van der Waals surface area contributed by atoms with Crippen molar-refractivity contribution in [2.45, 2.75) is 19.8 Å². The molecule has 0 saturated heterocycles. The fraction of sp³-hybridized carbons (Fsp3) is 0.909. The Morgan fingerprint density at radius 3 is 2.35 bits per heavy atom. The van der Waals surface area contributed by atoms with Crippen molar-refractivity contribution in [1.82, 2.24) is 4.90 Å². The largest absolute Gasteiger partial charge is 0.344 e. The van der Waals surface area contributed by atoms with E-state index in [2.05, 4.69) is 6.92 Å². The van der Waals surface area contributed by atoms with Crippen molar-refractivity contribution in [2.24, 2.45) is 17.1 Å². The van der Waals surface area contributed by atoms with E-state index in [1.165, 1.54) is 11.2 Å². The van der Waals surface area contributed by atoms with E-state index in [9.17, 15) is 13.2 Å². The summed E-state index contributed by atoms with van der Waals surface area (Å²) in [6.45, 7) is 2.69. The topological polar surface area (TPSA) is 80.5 Å². The number of sulfone groups is 1. The van der Waals surface area contributed by atoms with Gasteiger partial charge in [0, 0.05) is 26.4 Å². The highest BCUT2D eigenvalue weighted by molar-refractivity contribution is 7.90. The monoisotopic (exact) mass is 262 g/mol. The molecule has 6 heteroatoms. The molecule has 1 amide bonds. The van der Waals surface area contributed by atoms with E-state index in [1.54, 1.807) is 7.05 Å². The van der Waals surface area contributed by atoms with Gasteiger partial charge in [0.05, 0.1) is 11.2 Å². The van der Waals surface area contributed by atoms with E-state index in [0.717, 1.165) is 12.8 Å². The van der Waals surface area contributed by atoms with E-state index >= 15 is 0 Å². The Morgan fingerprint density at radius 2 is 2.00 bits per heavy atom. The first-order valence-corrected chi connectivity index (χ1v) is 7.89. The lowest BCUT2D eigenvalue weighted by Crippen LogP contribution is -2.54. The van der Waals surface area contributed by atoms with Crippen molar-refractivity contribution >= 4 is 15.7 Å². The van der Waals surface area contributed by atoms with Gasteiger partial charge in [-0.05, 0) is 18.8 Å². The fourth-order valence-corrected chi connectivity index (χ4v) is 3.12. The Hall–Kier alpha value is -0.620. The van der Waals surface area contributed by atoms with Gasteiger partial charge < -0.3 is 10.6 Å². The number of nitrogens with two attached hydrogens (primary N) is 1. The maximum Gasteiger partial charge on any atom is 0.229 e. The molecule has 1 fully saturated rings. The average Bonchev–Trinajstić information content (AvgIpc) is 2.19.